The maximum atomic E-state index is 12.2. The number of hydrogen-bond acceptors (Lipinski definition) is 5. The molecule has 0 saturated carbocycles. The van der Waals surface area contributed by atoms with Crippen molar-refractivity contribution < 1.29 is 19.2 Å². The van der Waals surface area contributed by atoms with Gasteiger partial charge in [0, 0.05) is 29.6 Å². The molecule has 0 saturated heterocycles. The number of nitro groups is 1. The van der Waals surface area contributed by atoms with Crippen molar-refractivity contribution in [2.24, 2.45) is 0 Å². The van der Waals surface area contributed by atoms with Crippen LogP contribution in [0.15, 0.2) is 78.9 Å². The highest BCUT2D eigenvalue weighted by molar-refractivity contribution is 5.93. The second-order valence-corrected chi connectivity index (χ2v) is 6.38. The summed E-state index contributed by atoms with van der Waals surface area (Å²) in [6.45, 7) is -0.172. The van der Waals surface area contributed by atoms with E-state index in [-0.39, 0.29) is 30.5 Å². The molecule has 0 fully saturated rings. The van der Waals surface area contributed by atoms with Crippen LogP contribution in [-0.2, 0) is 16.0 Å². The van der Waals surface area contributed by atoms with Crippen LogP contribution < -0.4 is 15.4 Å². The standard InChI is InChI=1S/C22H19N3O5/c26-21(13-16-9-11-19(12-10-16)25(28)29)24-18-7-4-8-20(14-18)30-15-22(27)23-17-5-2-1-3-6-17/h1-12,14H,13,15H2,(H,23,27)(H,24,26). The van der Waals surface area contributed by atoms with Crippen LogP contribution in [0, 0.1) is 10.1 Å². The summed E-state index contributed by atoms with van der Waals surface area (Å²) < 4.78 is 5.49. The van der Waals surface area contributed by atoms with Crippen LogP contribution in [0.4, 0.5) is 17.1 Å². The Morgan fingerprint density at radius 1 is 0.833 bits per heavy atom. The molecule has 0 atom stereocenters. The predicted octanol–water partition coefficient (Wildman–Crippen LogP) is 3.79. The largest absolute Gasteiger partial charge is 0.484 e. The topological polar surface area (TPSA) is 111 Å². The van der Waals surface area contributed by atoms with Gasteiger partial charge in [-0.1, -0.05) is 36.4 Å². The van der Waals surface area contributed by atoms with Crippen LogP contribution in [-0.4, -0.2) is 23.3 Å². The number of hydrogen-bond donors (Lipinski definition) is 2. The van der Waals surface area contributed by atoms with E-state index >= 15 is 0 Å². The highest BCUT2D eigenvalue weighted by Crippen LogP contribution is 2.18. The normalized spacial score (nSPS) is 10.1. The molecular weight excluding hydrogens is 386 g/mol. The summed E-state index contributed by atoms with van der Waals surface area (Å²) in [6.07, 6.45) is 0.0720. The van der Waals surface area contributed by atoms with Crippen molar-refractivity contribution >= 4 is 28.9 Å². The Morgan fingerprint density at radius 3 is 2.20 bits per heavy atom. The van der Waals surface area contributed by atoms with Crippen LogP contribution >= 0.6 is 0 Å². The number of nitrogens with one attached hydrogen (secondary N) is 2. The quantitative estimate of drug-likeness (QED) is 0.438. The fraction of sp³-hybridized carbons (Fsp3) is 0.0909. The molecule has 0 spiro atoms. The molecule has 0 aromatic heterocycles. The Labute approximate surface area is 172 Å². The van der Waals surface area contributed by atoms with E-state index in [1.807, 2.05) is 18.2 Å². The van der Waals surface area contributed by atoms with Gasteiger partial charge in [0.2, 0.25) is 5.91 Å². The van der Waals surface area contributed by atoms with E-state index in [4.69, 9.17) is 4.74 Å². The van der Waals surface area contributed by atoms with Crippen molar-refractivity contribution in [1.82, 2.24) is 0 Å². The molecule has 8 heteroatoms. The maximum Gasteiger partial charge on any atom is 0.269 e. The summed E-state index contributed by atoms with van der Waals surface area (Å²) in [5.74, 6) is -0.136. The van der Waals surface area contributed by atoms with E-state index in [9.17, 15) is 19.7 Å². The zero-order chi connectivity index (χ0) is 21.3. The first kappa shape index (κ1) is 20.5. The average molecular weight is 405 g/mol. The van der Waals surface area contributed by atoms with E-state index in [0.717, 1.165) is 0 Å². The molecule has 2 N–H and O–H groups in total. The summed E-state index contributed by atoms with van der Waals surface area (Å²) in [5, 5.41) is 16.1. The molecule has 30 heavy (non-hydrogen) atoms. The van der Waals surface area contributed by atoms with Gasteiger partial charge in [-0.15, -0.1) is 0 Å². The number of nitro benzene ring substituents is 1. The molecule has 3 aromatic carbocycles. The molecule has 0 aliphatic rings. The number of carbonyl (C=O) groups is 2. The second kappa shape index (κ2) is 9.83. The fourth-order valence-electron chi connectivity index (χ4n) is 2.66. The first-order chi connectivity index (χ1) is 14.5. The number of rotatable bonds is 8. The number of carbonyl (C=O) groups excluding carboxylic acids is 2. The molecule has 0 aliphatic carbocycles. The highest BCUT2D eigenvalue weighted by atomic mass is 16.6. The van der Waals surface area contributed by atoms with Gasteiger partial charge in [0.15, 0.2) is 6.61 Å². The maximum absolute atomic E-state index is 12.2. The average Bonchev–Trinajstić information content (AvgIpc) is 2.73. The monoisotopic (exact) mass is 405 g/mol. The van der Waals surface area contributed by atoms with E-state index in [1.54, 1.807) is 48.5 Å². The lowest BCUT2D eigenvalue weighted by molar-refractivity contribution is -0.384. The molecular formula is C22H19N3O5. The van der Waals surface area contributed by atoms with Gasteiger partial charge in [-0.05, 0) is 29.8 Å². The van der Waals surface area contributed by atoms with E-state index in [0.29, 0.717) is 22.7 Å². The van der Waals surface area contributed by atoms with Gasteiger partial charge in [-0.3, -0.25) is 19.7 Å². The number of nitrogens with zero attached hydrogens (tertiary/aromatic N) is 1. The van der Waals surface area contributed by atoms with E-state index in [1.165, 1.54) is 12.1 Å². The van der Waals surface area contributed by atoms with E-state index in [2.05, 4.69) is 10.6 Å². The van der Waals surface area contributed by atoms with Gasteiger partial charge in [0.05, 0.1) is 11.3 Å². The van der Waals surface area contributed by atoms with Crippen molar-refractivity contribution in [2.75, 3.05) is 17.2 Å². The Balaban J connectivity index is 1.51. The molecule has 152 valence electrons. The Bertz CT molecular complexity index is 1040. The molecule has 2 amide bonds. The number of benzene rings is 3. The summed E-state index contributed by atoms with van der Waals surface area (Å²) >= 11 is 0. The number of ether oxygens (including phenoxy) is 1. The predicted molar refractivity (Wildman–Crippen MR) is 112 cm³/mol. The summed E-state index contributed by atoms with van der Waals surface area (Å²) in [4.78, 5) is 34.4. The number of amides is 2. The Morgan fingerprint density at radius 2 is 1.50 bits per heavy atom. The molecule has 0 aliphatic heterocycles. The fourth-order valence-corrected chi connectivity index (χ4v) is 2.66. The lowest BCUT2D eigenvalue weighted by atomic mass is 10.1. The summed E-state index contributed by atoms with van der Waals surface area (Å²) in [7, 11) is 0. The molecule has 3 rings (SSSR count). The van der Waals surface area contributed by atoms with Crippen LogP contribution in [0.2, 0.25) is 0 Å². The third-order valence-electron chi connectivity index (χ3n) is 4.06. The third-order valence-corrected chi connectivity index (χ3v) is 4.06. The second-order valence-electron chi connectivity index (χ2n) is 6.38. The SMILES string of the molecule is O=C(COc1cccc(NC(=O)Cc2ccc([N+](=O)[O-])cc2)c1)Nc1ccccc1. The third kappa shape index (κ3) is 6.16. The van der Waals surface area contributed by atoms with Crippen LogP contribution in [0.25, 0.3) is 0 Å². The minimum Gasteiger partial charge on any atom is -0.484 e. The van der Waals surface area contributed by atoms with Gasteiger partial charge in [-0.2, -0.15) is 0 Å². The lowest BCUT2D eigenvalue weighted by Crippen LogP contribution is -2.20. The lowest BCUT2D eigenvalue weighted by Gasteiger charge is -2.10. The highest BCUT2D eigenvalue weighted by Gasteiger charge is 2.09. The summed E-state index contributed by atoms with van der Waals surface area (Å²) in [5.41, 5.74) is 1.82. The van der Waals surface area contributed by atoms with Crippen molar-refractivity contribution in [3.05, 3.63) is 94.5 Å². The number of non-ortho nitro benzene ring substituents is 1. The van der Waals surface area contributed by atoms with Crippen molar-refractivity contribution in [1.29, 1.82) is 0 Å². The van der Waals surface area contributed by atoms with Crippen LogP contribution in [0.3, 0.4) is 0 Å². The molecule has 0 heterocycles. The molecule has 0 unspecified atom stereocenters. The summed E-state index contributed by atoms with van der Waals surface area (Å²) in [6, 6.07) is 21.5. The van der Waals surface area contributed by atoms with Crippen molar-refractivity contribution in [3.8, 4) is 5.75 Å². The minimum atomic E-state index is -0.491. The first-order valence-corrected chi connectivity index (χ1v) is 9.10. The molecule has 3 aromatic rings. The zero-order valence-electron chi connectivity index (χ0n) is 15.9. The van der Waals surface area contributed by atoms with Crippen LogP contribution in [0.1, 0.15) is 5.56 Å². The molecule has 8 nitrogen and oxygen atoms in total. The van der Waals surface area contributed by atoms with Gasteiger partial charge >= 0.3 is 0 Å². The van der Waals surface area contributed by atoms with Crippen molar-refractivity contribution in [2.45, 2.75) is 6.42 Å². The van der Waals surface area contributed by atoms with E-state index < -0.39 is 4.92 Å². The Kier molecular flexibility index (Phi) is 6.73. The van der Waals surface area contributed by atoms with Gasteiger partial charge < -0.3 is 15.4 Å². The smallest absolute Gasteiger partial charge is 0.269 e. The van der Waals surface area contributed by atoms with Gasteiger partial charge in [0.1, 0.15) is 5.75 Å². The zero-order valence-corrected chi connectivity index (χ0v) is 15.9. The number of para-hydroxylation sites is 1. The first-order valence-electron chi connectivity index (χ1n) is 9.10. The van der Waals surface area contributed by atoms with Gasteiger partial charge in [0.25, 0.3) is 11.6 Å². The minimum absolute atomic E-state index is 0.0275. The Hall–Kier alpha value is -4.20. The number of anilines is 2. The van der Waals surface area contributed by atoms with Gasteiger partial charge in [-0.25, -0.2) is 0 Å². The van der Waals surface area contributed by atoms with Crippen LogP contribution in [0.5, 0.6) is 5.75 Å². The van der Waals surface area contributed by atoms with Crippen molar-refractivity contribution in [3.63, 3.8) is 0 Å². The molecule has 0 radical (unpaired) electrons. The molecule has 0 bridgehead atoms.